The summed E-state index contributed by atoms with van der Waals surface area (Å²) in [6.07, 6.45) is 12.4. The second kappa shape index (κ2) is 14.1. The van der Waals surface area contributed by atoms with Gasteiger partial charge in [0.1, 0.15) is 0 Å². The van der Waals surface area contributed by atoms with Gasteiger partial charge in [0.15, 0.2) is 0 Å². The maximum absolute atomic E-state index is 6.10. The van der Waals surface area contributed by atoms with Crippen LogP contribution in [0.4, 0.5) is 0 Å². The Morgan fingerprint density at radius 3 is 2.31 bits per heavy atom. The van der Waals surface area contributed by atoms with Gasteiger partial charge < -0.3 is 11.1 Å². The molecule has 0 saturated carbocycles. The second-order valence-electron chi connectivity index (χ2n) is 10.9. The molecule has 0 saturated heterocycles. The van der Waals surface area contributed by atoms with Crippen LogP contribution in [0, 0.1) is 18.3 Å². The summed E-state index contributed by atoms with van der Waals surface area (Å²) in [5.41, 5.74) is 16.8. The van der Waals surface area contributed by atoms with Crippen molar-refractivity contribution in [2.45, 2.75) is 75.2 Å². The van der Waals surface area contributed by atoms with Crippen LogP contribution in [0.25, 0.3) is 11.1 Å². The van der Waals surface area contributed by atoms with E-state index < -0.39 is 0 Å². The van der Waals surface area contributed by atoms with Crippen molar-refractivity contribution in [3.63, 3.8) is 0 Å². The standard InChI is InChI=1S/C33H50N2/c1-12-16-35-17-14-15-28(22-34)32-21-29(20-27(8)33(9,10)11)31(19-26(32)7)25(6)18-24(5)30(13-2)23(3)4/h13-15,18-19,21-22,27,35H,3,5,12,16-17,20,34H2,1-2,4,6-11H3/b15-14-,25-18+,28-22+,30-13-. The lowest BCUT2D eigenvalue weighted by Crippen LogP contribution is -2.20. The highest BCUT2D eigenvalue weighted by Gasteiger charge is 2.22. The van der Waals surface area contributed by atoms with Crippen LogP contribution in [-0.4, -0.2) is 13.1 Å². The van der Waals surface area contributed by atoms with Crippen molar-refractivity contribution in [2.24, 2.45) is 17.1 Å². The fourth-order valence-corrected chi connectivity index (χ4v) is 4.14. The normalized spacial score (nSPS) is 14.5. The molecule has 0 fully saturated rings. The van der Waals surface area contributed by atoms with Gasteiger partial charge >= 0.3 is 0 Å². The van der Waals surface area contributed by atoms with Crippen LogP contribution in [0.15, 0.2) is 72.5 Å². The van der Waals surface area contributed by atoms with E-state index in [0.29, 0.717) is 5.92 Å². The van der Waals surface area contributed by atoms with Crippen LogP contribution in [0.1, 0.15) is 84.1 Å². The quantitative estimate of drug-likeness (QED) is 0.235. The molecule has 0 aliphatic carbocycles. The average Bonchev–Trinajstić information content (AvgIpc) is 2.77. The smallest absolute Gasteiger partial charge is 0.0138 e. The molecule has 0 aliphatic rings. The Labute approximate surface area is 216 Å². The minimum atomic E-state index is 0.221. The fraction of sp³-hybridized carbons (Fsp3) is 0.455. The number of aryl methyl sites for hydroxylation is 1. The highest BCUT2D eigenvalue weighted by atomic mass is 14.8. The lowest BCUT2D eigenvalue weighted by Gasteiger charge is -2.29. The number of rotatable bonds is 12. The number of hydrogen-bond donors (Lipinski definition) is 2. The highest BCUT2D eigenvalue weighted by molar-refractivity contribution is 5.80. The predicted molar refractivity (Wildman–Crippen MR) is 159 cm³/mol. The molecule has 1 rings (SSSR count). The van der Waals surface area contributed by atoms with Crippen LogP contribution in [0.2, 0.25) is 0 Å². The third-order valence-electron chi connectivity index (χ3n) is 6.84. The van der Waals surface area contributed by atoms with E-state index >= 15 is 0 Å². The first-order chi connectivity index (χ1) is 16.4. The predicted octanol–water partition coefficient (Wildman–Crippen LogP) is 8.56. The fourth-order valence-electron chi connectivity index (χ4n) is 4.14. The van der Waals surface area contributed by atoms with Crippen LogP contribution in [-0.2, 0) is 6.42 Å². The van der Waals surface area contributed by atoms with Gasteiger partial charge in [0.25, 0.3) is 0 Å². The maximum atomic E-state index is 6.10. The molecule has 0 spiro atoms. The summed E-state index contributed by atoms with van der Waals surface area (Å²) in [5.74, 6) is 0.522. The molecule has 0 aliphatic heterocycles. The van der Waals surface area contributed by atoms with E-state index in [1.165, 1.54) is 27.8 Å². The molecule has 192 valence electrons. The largest absolute Gasteiger partial charge is 0.404 e. The third-order valence-corrected chi connectivity index (χ3v) is 6.84. The van der Waals surface area contributed by atoms with Crippen molar-refractivity contribution >= 4 is 11.1 Å². The Hall–Kier alpha value is -2.58. The van der Waals surface area contributed by atoms with Crippen LogP contribution < -0.4 is 11.1 Å². The number of nitrogens with two attached hydrogens (primary N) is 1. The molecule has 0 bridgehead atoms. The summed E-state index contributed by atoms with van der Waals surface area (Å²) < 4.78 is 0. The van der Waals surface area contributed by atoms with Gasteiger partial charge in [-0.2, -0.15) is 0 Å². The molecule has 1 atom stereocenters. The number of nitrogens with one attached hydrogen (secondary N) is 1. The van der Waals surface area contributed by atoms with Crippen molar-refractivity contribution in [1.82, 2.24) is 5.32 Å². The minimum Gasteiger partial charge on any atom is -0.404 e. The van der Waals surface area contributed by atoms with Gasteiger partial charge in [-0.25, -0.2) is 0 Å². The van der Waals surface area contributed by atoms with Gasteiger partial charge in [0.05, 0.1) is 0 Å². The van der Waals surface area contributed by atoms with Gasteiger partial charge in [0, 0.05) is 12.7 Å². The van der Waals surface area contributed by atoms with E-state index in [4.69, 9.17) is 5.73 Å². The lowest BCUT2D eigenvalue weighted by molar-refractivity contribution is 0.260. The van der Waals surface area contributed by atoms with E-state index in [2.05, 4.69) is 103 Å². The van der Waals surface area contributed by atoms with E-state index in [1.54, 1.807) is 6.20 Å². The van der Waals surface area contributed by atoms with Gasteiger partial charge in [-0.05, 0) is 103 Å². The minimum absolute atomic E-state index is 0.221. The average molecular weight is 475 g/mol. The van der Waals surface area contributed by atoms with Crippen molar-refractivity contribution in [3.8, 4) is 0 Å². The van der Waals surface area contributed by atoms with Crippen LogP contribution in [0.5, 0.6) is 0 Å². The third kappa shape index (κ3) is 9.18. The first kappa shape index (κ1) is 30.5. The molecule has 1 unspecified atom stereocenters. The van der Waals surface area contributed by atoms with E-state index in [0.717, 1.165) is 48.2 Å². The first-order valence-corrected chi connectivity index (χ1v) is 13.0. The van der Waals surface area contributed by atoms with Gasteiger partial charge in [-0.15, -0.1) is 0 Å². The molecular formula is C33H50N2. The summed E-state index contributed by atoms with van der Waals surface area (Å²) in [5, 5.41) is 3.42. The Balaban J connectivity index is 3.56. The molecule has 1 aromatic carbocycles. The van der Waals surface area contributed by atoms with E-state index in [9.17, 15) is 0 Å². The molecule has 0 heterocycles. The van der Waals surface area contributed by atoms with Gasteiger partial charge in [0.2, 0.25) is 0 Å². The lowest BCUT2D eigenvalue weighted by atomic mass is 9.76. The summed E-state index contributed by atoms with van der Waals surface area (Å²) >= 11 is 0. The first-order valence-electron chi connectivity index (χ1n) is 13.0. The maximum Gasteiger partial charge on any atom is 0.0138 e. The topological polar surface area (TPSA) is 38.0 Å². The molecular weight excluding hydrogens is 424 g/mol. The molecule has 0 amide bonds. The number of hydrogen-bond acceptors (Lipinski definition) is 2. The van der Waals surface area contributed by atoms with Crippen LogP contribution in [0.3, 0.4) is 0 Å². The Morgan fingerprint density at radius 1 is 1.14 bits per heavy atom. The zero-order chi connectivity index (χ0) is 26.8. The van der Waals surface area contributed by atoms with Gasteiger partial charge in [-0.1, -0.05) is 89.8 Å². The van der Waals surface area contributed by atoms with E-state index in [1.807, 2.05) is 13.8 Å². The van der Waals surface area contributed by atoms with Crippen LogP contribution >= 0.6 is 0 Å². The van der Waals surface area contributed by atoms with Crippen molar-refractivity contribution < 1.29 is 0 Å². The van der Waals surface area contributed by atoms with Crippen molar-refractivity contribution in [3.05, 3.63) is 94.8 Å². The van der Waals surface area contributed by atoms with Crippen molar-refractivity contribution in [2.75, 3.05) is 13.1 Å². The molecule has 0 radical (unpaired) electrons. The van der Waals surface area contributed by atoms with Crippen molar-refractivity contribution in [1.29, 1.82) is 0 Å². The second-order valence-corrected chi connectivity index (χ2v) is 10.9. The number of benzene rings is 1. The summed E-state index contributed by atoms with van der Waals surface area (Å²) in [7, 11) is 0. The zero-order valence-electron chi connectivity index (χ0n) is 23.9. The molecule has 3 N–H and O–H groups in total. The molecule has 0 aromatic heterocycles. The Morgan fingerprint density at radius 2 is 1.80 bits per heavy atom. The summed E-state index contributed by atoms with van der Waals surface area (Å²) in [6, 6.07) is 4.67. The number of allylic oxidation sites excluding steroid dienone is 8. The van der Waals surface area contributed by atoms with Gasteiger partial charge in [-0.3, -0.25) is 0 Å². The van der Waals surface area contributed by atoms with E-state index in [-0.39, 0.29) is 5.41 Å². The summed E-state index contributed by atoms with van der Waals surface area (Å²) in [6.45, 7) is 30.2. The highest BCUT2D eigenvalue weighted by Crippen LogP contribution is 2.34. The Bertz CT molecular complexity index is 1010. The summed E-state index contributed by atoms with van der Waals surface area (Å²) in [4.78, 5) is 0. The SMILES string of the molecule is C=C(C)/C(=C/C)C(=C)/C=C(\C)c1cc(C)c(C(/C=C\CNCCC)=C/N)cc1CC(C)C(C)(C)C. The Kier molecular flexibility index (Phi) is 12.3. The molecule has 2 nitrogen and oxygen atoms in total. The molecule has 35 heavy (non-hydrogen) atoms. The zero-order valence-corrected chi connectivity index (χ0v) is 23.9. The molecule has 2 heteroatoms. The monoisotopic (exact) mass is 474 g/mol. The molecule has 1 aromatic rings.